The van der Waals surface area contributed by atoms with Gasteiger partial charge in [-0.2, -0.15) is 0 Å². The van der Waals surface area contributed by atoms with E-state index < -0.39 is 0 Å². The van der Waals surface area contributed by atoms with Gasteiger partial charge in [-0.3, -0.25) is 5.43 Å². The first-order chi connectivity index (χ1) is 6.63. The molecule has 0 saturated heterocycles. The topological polar surface area (TPSA) is 67.2 Å². The summed E-state index contributed by atoms with van der Waals surface area (Å²) in [5.41, 5.74) is 5.50. The summed E-state index contributed by atoms with van der Waals surface area (Å²) in [7, 11) is 0. The first-order valence-electron chi connectivity index (χ1n) is 4.44. The molecule has 0 saturated carbocycles. The van der Waals surface area contributed by atoms with Crippen LogP contribution in [0.2, 0.25) is 0 Å². The van der Waals surface area contributed by atoms with E-state index in [1.165, 1.54) is 11.1 Å². The van der Waals surface area contributed by atoms with E-state index in [0.29, 0.717) is 6.54 Å². The zero-order valence-corrected chi connectivity index (χ0v) is 8.42. The van der Waals surface area contributed by atoms with Crippen LogP contribution < -0.4 is 16.6 Å². The number of rotatable bonds is 2. The molecule has 0 aliphatic carbocycles. The zero-order valence-electron chi connectivity index (χ0n) is 8.42. The molecule has 0 heterocycles. The van der Waals surface area contributed by atoms with Gasteiger partial charge < -0.3 is 5.32 Å². The normalized spacial score (nSPS) is 9.64. The number of benzene rings is 1. The molecule has 4 heteroatoms. The number of carbonyl (C=O) groups excluding carboxylic acids is 1. The van der Waals surface area contributed by atoms with Crippen LogP contribution in [0.3, 0.4) is 0 Å². The van der Waals surface area contributed by atoms with Crippen LogP contribution in [0.25, 0.3) is 0 Å². The molecule has 1 aromatic rings. The highest BCUT2D eigenvalue weighted by molar-refractivity contribution is 5.73. The fraction of sp³-hybridized carbons (Fsp3) is 0.300. The maximum Gasteiger partial charge on any atom is 0.329 e. The Hall–Kier alpha value is -1.55. The maximum atomic E-state index is 10.8. The molecule has 1 rings (SSSR count). The molecule has 4 nitrogen and oxygen atoms in total. The van der Waals surface area contributed by atoms with Crippen molar-refractivity contribution in [3.8, 4) is 0 Å². The number of hydrogen-bond donors (Lipinski definition) is 3. The lowest BCUT2D eigenvalue weighted by Gasteiger charge is -2.07. The minimum Gasteiger partial charge on any atom is -0.333 e. The molecule has 0 bridgehead atoms. The average Bonchev–Trinajstić information content (AvgIpc) is 2.16. The molecule has 0 atom stereocenters. The van der Waals surface area contributed by atoms with E-state index in [-0.39, 0.29) is 6.03 Å². The van der Waals surface area contributed by atoms with Crippen LogP contribution in [0.15, 0.2) is 18.2 Å². The van der Waals surface area contributed by atoms with Crippen LogP contribution in [-0.2, 0) is 6.54 Å². The van der Waals surface area contributed by atoms with Crippen LogP contribution in [-0.4, -0.2) is 6.03 Å². The second-order valence-electron chi connectivity index (χ2n) is 3.26. The Balaban J connectivity index is 2.63. The Morgan fingerprint density at radius 1 is 1.43 bits per heavy atom. The standard InChI is InChI=1S/C10H15N3O/c1-7-3-4-9(8(2)5-7)6-12-10(14)13-11/h3-5H,6,11H2,1-2H3,(H2,12,13,14). The molecule has 0 unspecified atom stereocenters. The van der Waals surface area contributed by atoms with Crippen LogP contribution in [0.5, 0.6) is 0 Å². The summed E-state index contributed by atoms with van der Waals surface area (Å²) in [6.07, 6.45) is 0. The highest BCUT2D eigenvalue weighted by atomic mass is 16.2. The van der Waals surface area contributed by atoms with Gasteiger partial charge in [-0.25, -0.2) is 10.6 Å². The molecule has 0 spiro atoms. The lowest BCUT2D eigenvalue weighted by atomic mass is 10.1. The number of urea groups is 1. The molecule has 0 aromatic heterocycles. The summed E-state index contributed by atoms with van der Waals surface area (Å²) in [5.74, 6) is 4.94. The second kappa shape index (κ2) is 4.62. The molecule has 4 N–H and O–H groups in total. The molecule has 0 radical (unpaired) electrons. The highest BCUT2D eigenvalue weighted by Gasteiger charge is 2.00. The van der Waals surface area contributed by atoms with Gasteiger partial charge in [0.1, 0.15) is 0 Å². The predicted octanol–water partition coefficient (Wildman–Crippen LogP) is 0.976. The summed E-state index contributed by atoms with van der Waals surface area (Å²) in [6.45, 7) is 4.55. The second-order valence-corrected chi connectivity index (χ2v) is 3.26. The molecule has 0 aliphatic heterocycles. The number of amides is 2. The van der Waals surface area contributed by atoms with Crippen molar-refractivity contribution in [2.45, 2.75) is 20.4 Å². The third kappa shape index (κ3) is 2.74. The molecule has 2 amide bonds. The lowest BCUT2D eigenvalue weighted by Crippen LogP contribution is -2.39. The van der Waals surface area contributed by atoms with Crippen molar-refractivity contribution in [1.82, 2.24) is 10.7 Å². The van der Waals surface area contributed by atoms with Crippen molar-refractivity contribution in [3.05, 3.63) is 34.9 Å². The largest absolute Gasteiger partial charge is 0.333 e. The van der Waals surface area contributed by atoms with Crippen LogP contribution in [0.1, 0.15) is 16.7 Å². The monoisotopic (exact) mass is 193 g/mol. The van der Waals surface area contributed by atoms with Crippen molar-refractivity contribution < 1.29 is 4.79 Å². The molecule has 0 aliphatic rings. The van der Waals surface area contributed by atoms with Gasteiger partial charge in [0.25, 0.3) is 0 Å². The van der Waals surface area contributed by atoms with Crippen LogP contribution in [0, 0.1) is 13.8 Å². The van der Waals surface area contributed by atoms with E-state index in [1.807, 2.05) is 31.4 Å². The zero-order chi connectivity index (χ0) is 10.6. The van der Waals surface area contributed by atoms with Gasteiger partial charge in [0.05, 0.1) is 0 Å². The first kappa shape index (κ1) is 10.5. The van der Waals surface area contributed by atoms with Gasteiger partial charge in [-0.05, 0) is 25.0 Å². The number of aryl methyl sites for hydroxylation is 2. The third-order valence-electron chi connectivity index (χ3n) is 2.07. The Labute approximate surface area is 83.5 Å². The van der Waals surface area contributed by atoms with E-state index in [2.05, 4.69) is 11.4 Å². The smallest absolute Gasteiger partial charge is 0.329 e. The Bertz CT molecular complexity index is 336. The van der Waals surface area contributed by atoms with Crippen molar-refractivity contribution in [2.24, 2.45) is 5.84 Å². The van der Waals surface area contributed by atoms with E-state index in [9.17, 15) is 4.79 Å². The fourth-order valence-corrected chi connectivity index (χ4v) is 1.27. The van der Waals surface area contributed by atoms with E-state index in [4.69, 9.17) is 5.84 Å². The van der Waals surface area contributed by atoms with Crippen molar-refractivity contribution in [1.29, 1.82) is 0 Å². The van der Waals surface area contributed by atoms with Crippen molar-refractivity contribution >= 4 is 6.03 Å². The summed E-state index contributed by atoms with van der Waals surface area (Å²) in [5, 5.41) is 2.63. The van der Waals surface area contributed by atoms with Gasteiger partial charge in [-0.1, -0.05) is 23.8 Å². The summed E-state index contributed by atoms with van der Waals surface area (Å²) in [6, 6.07) is 5.73. The Morgan fingerprint density at radius 3 is 2.71 bits per heavy atom. The average molecular weight is 193 g/mol. The number of hydrazine groups is 1. The first-order valence-corrected chi connectivity index (χ1v) is 4.44. The fourth-order valence-electron chi connectivity index (χ4n) is 1.27. The number of nitrogens with two attached hydrogens (primary N) is 1. The molecule has 76 valence electrons. The lowest BCUT2D eigenvalue weighted by molar-refractivity contribution is 0.241. The number of carbonyl (C=O) groups is 1. The van der Waals surface area contributed by atoms with Gasteiger partial charge in [0, 0.05) is 6.54 Å². The SMILES string of the molecule is Cc1ccc(CNC(=O)NN)c(C)c1. The van der Waals surface area contributed by atoms with E-state index in [0.717, 1.165) is 5.56 Å². The van der Waals surface area contributed by atoms with Gasteiger partial charge >= 0.3 is 6.03 Å². The number of hydrogen-bond acceptors (Lipinski definition) is 2. The van der Waals surface area contributed by atoms with Crippen molar-refractivity contribution in [2.75, 3.05) is 0 Å². The van der Waals surface area contributed by atoms with Gasteiger partial charge in [0.15, 0.2) is 0 Å². The van der Waals surface area contributed by atoms with E-state index in [1.54, 1.807) is 0 Å². The molecular weight excluding hydrogens is 178 g/mol. The Kier molecular flexibility index (Phi) is 3.48. The minimum absolute atomic E-state index is 0.370. The minimum atomic E-state index is -0.370. The quantitative estimate of drug-likeness (QED) is 0.372. The third-order valence-corrected chi connectivity index (χ3v) is 2.07. The summed E-state index contributed by atoms with van der Waals surface area (Å²) >= 11 is 0. The molecule has 0 fully saturated rings. The van der Waals surface area contributed by atoms with Gasteiger partial charge in [-0.15, -0.1) is 0 Å². The van der Waals surface area contributed by atoms with Crippen LogP contribution in [0.4, 0.5) is 4.79 Å². The number of nitrogens with one attached hydrogen (secondary N) is 2. The molecular formula is C10H15N3O. The molecule has 14 heavy (non-hydrogen) atoms. The Morgan fingerprint density at radius 2 is 2.14 bits per heavy atom. The van der Waals surface area contributed by atoms with E-state index >= 15 is 0 Å². The predicted molar refractivity (Wildman–Crippen MR) is 55.5 cm³/mol. The maximum absolute atomic E-state index is 10.8. The van der Waals surface area contributed by atoms with Gasteiger partial charge in [0.2, 0.25) is 0 Å². The van der Waals surface area contributed by atoms with Crippen LogP contribution >= 0.6 is 0 Å². The molecule has 1 aromatic carbocycles. The summed E-state index contributed by atoms with van der Waals surface area (Å²) < 4.78 is 0. The highest BCUT2D eigenvalue weighted by Crippen LogP contribution is 2.09. The summed E-state index contributed by atoms with van der Waals surface area (Å²) in [4.78, 5) is 10.8. The van der Waals surface area contributed by atoms with Crippen molar-refractivity contribution in [3.63, 3.8) is 0 Å².